The van der Waals surface area contributed by atoms with Gasteiger partial charge in [0.15, 0.2) is 11.5 Å². The molecule has 0 atom stereocenters. The fourth-order valence-electron chi connectivity index (χ4n) is 3.54. The van der Waals surface area contributed by atoms with Crippen LogP contribution in [0.5, 0.6) is 17.2 Å². The van der Waals surface area contributed by atoms with E-state index in [1.54, 1.807) is 24.9 Å². The number of methoxy groups -OCH3 is 2. The van der Waals surface area contributed by atoms with E-state index in [-0.39, 0.29) is 5.56 Å². The van der Waals surface area contributed by atoms with E-state index in [0.717, 1.165) is 11.3 Å². The Kier molecular flexibility index (Phi) is 7.22. The van der Waals surface area contributed by atoms with Gasteiger partial charge in [-0.2, -0.15) is 0 Å². The number of aromatic nitrogens is 2. The monoisotopic (exact) mass is 446 g/mol. The molecule has 0 aliphatic heterocycles. The quantitative estimate of drug-likeness (QED) is 0.341. The molecule has 0 saturated heterocycles. The molecule has 1 heterocycles. The fraction of sp³-hybridized carbons (Fsp3) is 0.231. The minimum absolute atomic E-state index is 0.0970. The van der Waals surface area contributed by atoms with Crippen molar-refractivity contribution in [3.05, 3.63) is 83.2 Å². The third-order valence-corrected chi connectivity index (χ3v) is 5.22. The Labute approximate surface area is 192 Å². The SMILES string of the molecule is COc1ccc(-c2nc3ccccc3c(=O)n2CCOCCOc2ccccc2OC)cc1. The van der Waals surface area contributed by atoms with Crippen LogP contribution < -0.4 is 19.8 Å². The van der Waals surface area contributed by atoms with Gasteiger partial charge < -0.3 is 18.9 Å². The zero-order valence-corrected chi connectivity index (χ0v) is 18.7. The van der Waals surface area contributed by atoms with Crippen molar-refractivity contribution in [3.63, 3.8) is 0 Å². The molecule has 4 rings (SSSR count). The summed E-state index contributed by atoms with van der Waals surface area (Å²) in [7, 11) is 3.22. The normalized spacial score (nSPS) is 10.8. The second kappa shape index (κ2) is 10.7. The van der Waals surface area contributed by atoms with Crippen LogP contribution in [0, 0.1) is 0 Å². The highest BCUT2D eigenvalue weighted by molar-refractivity contribution is 5.79. The summed E-state index contributed by atoms with van der Waals surface area (Å²) in [5.74, 6) is 2.68. The summed E-state index contributed by atoms with van der Waals surface area (Å²) in [5.41, 5.74) is 1.40. The van der Waals surface area contributed by atoms with Crippen molar-refractivity contribution in [1.29, 1.82) is 0 Å². The number of nitrogens with zero attached hydrogens (tertiary/aromatic N) is 2. The number of rotatable bonds is 10. The lowest BCUT2D eigenvalue weighted by atomic mass is 10.1. The molecule has 0 spiro atoms. The van der Waals surface area contributed by atoms with Gasteiger partial charge in [-0.1, -0.05) is 24.3 Å². The minimum atomic E-state index is -0.0970. The average Bonchev–Trinajstić information content (AvgIpc) is 2.87. The lowest BCUT2D eigenvalue weighted by molar-refractivity contribution is 0.0931. The van der Waals surface area contributed by atoms with Crippen molar-refractivity contribution in [2.75, 3.05) is 34.0 Å². The molecule has 7 nitrogen and oxygen atoms in total. The van der Waals surface area contributed by atoms with Crippen LogP contribution in [0.4, 0.5) is 0 Å². The first-order valence-corrected chi connectivity index (χ1v) is 10.7. The molecule has 3 aromatic carbocycles. The van der Waals surface area contributed by atoms with Crippen LogP contribution in [0.25, 0.3) is 22.3 Å². The predicted molar refractivity (Wildman–Crippen MR) is 127 cm³/mol. The highest BCUT2D eigenvalue weighted by Crippen LogP contribution is 2.25. The molecule has 170 valence electrons. The van der Waals surface area contributed by atoms with Gasteiger partial charge in [0.1, 0.15) is 18.2 Å². The van der Waals surface area contributed by atoms with Crippen molar-refractivity contribution in [3.8, 4) is 28.6 Å². The number of benzene rings is 3. The van der Waals surface area contributed by atoms with Gasteiger partial charge in [0.2, 0.25) is 0 Å². The topological polar surface area (TPSA) is 71.8 Å². The van der Waals surface area contributed by atoms with E-state index < -0.39 is 0 Å². The molecule has 0 aliphatic rings. The summed E-state index contributed by atoms with van der Waals surface area (Å²) >= 11 is 0. The van der Waals surface area contributed by atoms with Gasteiger partial charge in [-0.3, -0.25) is 9.36 Å². The van der Waals surface area contributed by atoms with Gasteiger partial charge in [-0.05, 0) is 48.5 Å². The Hall–Kier alpha value is -3.84. The molecular weight excluding hydrogens is 420 g/mol. The number of para-hydroxylation sites is 3. The van der Waals surface area contributed by atoms with Crippen LogP contribution in [0.1, 0.15) is 0 Å². The Balaban J connectivity index is 1.47. The average molecular weight is 447 g/mol. The van der Waals surface area contributed by atoms with Crippen molar-refractivity contribution in [1.82, 2.24) is 9.55 Å². The van der Waals surface area contributed by atoms with Gasteiger partial charge in [0.05, 0.1) is 44.9 Å². The Bertz CT molecular complexity index is 1270. The molecule has 0 aliphatic carbocycles. The second-order valence-corrected chi connectivity index (χ2v) is 7.25. The van der Waals surface area contributed by atoms with Crippen LogP contribution >= 0.6 is 0 Å². The molecule has 33 heavy (non-hydrogen) atoms. The van der Waals surface area contributed by atoms with E-state index >= 15 is 0 Å². The first kappa shape index (κ1) is 22.4. The summed E-state index contributed by atoms with van der Waals surface area (Å²) < 4.78 is 23.7. The van der Waals surface area contributed by atoms with E-state index in [4.69, 9.17) is 23.9 Å². The zero-order valence-electron chi connectivity index (χ0n) is 18.7. The smallest absolute Gasteiger partial charge is 0.261 e. The zero-order chi connectivity index (χ0) is 23.0. The Morgan fingerprint density at radius 1 is 0.788 bits per heavy atom. The summed E-state index contributed by atoms with van der Waals surface area (Å²) in [6.07, 6.45) is 0. The van der Waals surface area contributed by atoms with E-state index in [2.05, 4.69) is 0 Å². The highest BCUT2D eigenvalue weighted by atomic mass is 16.5. The highest BCUT2D eigenvalue weighted by Gasteiger charge is 2.13. The Morgan fingerprint density at radius 2 is 1.52 bits per heavy atom. The summed E-state index contributed by atoms with van der Waals surface area (Å²) in [4.78, 5) is 18.0. The molecule has 0 N–H and O–H groups in total. The molecular formula is C26H26N2O5. The standard InChI is InChI=1S/C26H26N2O5/c1-30-20-13-11-19(12-14-20)25-27-22-8-4-3-7-21(22)26(29)28(25)15-16-32-17-18-33-24-10-6-5-9-23(24)31-2/h3-14H,15-18H2,1-2H3. The van der Waals surface area contributed by atoms with E-state index in [1.165, 1.54) is 0 Å². The van der Waals surface area contributed by atoms with Crippen LogP contribution in [-0.2, 0) is 11.3 Å². The van der Waals surface area contributed by atoms with Crippen LogP contribution in [0.3, 0.4) is 0 Å². The van der Waals surface area contributed by atoms with Gasteiger partial charge >= 0.3 is 0 Å². The number of hydrogen-bond acceptors (Lipinski definition) is 6. The van der Waals surface area contributed by atoms with Crippen molar-refractivity contribution in [2.45, 2.75) is 6.54 Å². The molecule has 0 unspecified atom stereocenters. The van der Waals surface area contributed by atoms with Crippen molar-refractivity contribution >= 4 is 10.9 Å². The number of fused-ring (bicyclic) bond motifs is 1. The third kappa shape index (κ3) is 5.15. The molecule has 0 fully saturated rings. The maximum absolute atomic E-state index is 13.2. The van der Waals surface area contributed by atoms with Crippen LogP contribution in [0.15, 0.2) is 77.6 Å². The molecule has 7 heteroatoms. The lowest BCUT2D eigenvalue weighted by Gasteiger charge is -2.15. The molecule has 0 bridgehead atoms. The predicted octanol–water partition coefficient (Wildman–Crippen LogP) is 4.18. The van der Waals surface area contributed by atoms with E-state index in [1.807, 2.05) is 66.7 Å². The molecule has 0 saturated carbocycles. The fourth-order valence-corrected chi connectivity index (χ4v) is 3.54. The van der Waals surface area contributed by atoms with Gasteiger partial charge in [-0.15, -0.1) is 0 Å². The summed E-state index contributed by atoms with van der Waals surface area (Å²) in [6, 6.07) is 22.3. The summed E-state index contributed by atoms with van der Waals surface area (Å²) in [6.45, 7) is 1.47. The first-order valence-electron chi connectivity index (χ1n) is 10.7. The number of ether oxygens (including phenoxy) is 4. The molecule has 1 aromatic heterocycles. The van der Waals surface area contributed by atoms with Gasteiger partial charge in [-0.25, -0.2) is 4.98 Å². The van der Waals surface area contributed by atoms with Crippen molar-refractivity contribution in [2.24, 2.45) is 0 Å². The maximum atomic E-state index is 13.2. The maximum Gasteiger partial charge on any atom is 0.261 e. The van der Waals surface area contributed by atoms with E-state index in [9.17, 15) is 4.79 Å². The van der Waals surface area contributed by atoms with Gasteiger partial charge in [0, 0.05) is 5.56 Å². The second-order valence-electron chi connectivity index (χ2n) is 7.25. The van der Waals surface area contributed by atoms with Gasteiger partial charge in [0.25, 0.3) is 5.56 Å². The molecule has 0 amide bonds. The molecule has 4 aromatic rings. The Morgan fingerprint density at radius 3 is 2.27 bits per heavy atom. The minimum Gasteiger partial charge on any atom is -0.497 e. The first-order chi connectivity index (χ1) is 16.2. The number of hydrogen-bond donors (Lipinski definition) is 0. The van der Waals surface area contributed by atoms with Crippen LogP contribution in [-0.4, -0.2) is 43.6 Å². The molecule has 0 radical (unpaired) electrons. The van der Waals surface area contributed by atoms with E-state index in [0.29, 0.717) is 54.6 Å². The van der Waals surface area contributed by atoms with Crippen LogP contribution in [0.2, 0.25) is 0 Å². The third-order valence-electron chi connectivity index (χ3n) is 5.22. The lowest BCUT2D eigenvalue weighted by Crippen LogP contribution is -2.26. The largest absolute Gasteiger partial charge is 0.497 e. The van der Waals surface area contributed by atoms with Crippen molar-refractivity contribution < 1.29 is 18.9 Å². The summed E-state index contributed by atoms with van der Waals surface area (Å²) in [5, 5.41) is 0.578.